The Kier molecular flexibility index (Phi) is 4.62. The van der Waals surface area contributed by atoms with E-state index in [2.05, 4.69) is 17.3 Å². The van der Waals surface area contributed by atoms with Crippen molar-refractivity contribution in [2.75, 3.05) is 12.8 Å². The molecular weight excluding hydrogens is 252 g/mol. The Balaban J connectivity index is 2.41. The second-order valence-electron chi connectivity index (χ2n) is 6.06. The Morgan fingerprint density at radius 1 is 1.55 bits per heavy atom. The first kappa shape index (κ1) is 15.2. The van der Waals surface area contributed by atoms with Crippen LogP contribution in [0.3, 0.4) is 0 Å². The number of hydrazine groups is 1. The molecule has 20 heavy (non-hydrogen) atoms. The van der Waals surface area contributed by atoms with E-state index >= 15 is 0 Å². The molecule has 5 nitrogen and oxygen atoms in total. The Morgan fingerprint density at radius 3 is 2.90 bits per heavy atom. The van der Waals surface area contributed by atoms with Crippen LogP contribution in [0, 0.1) is 12.8 Å². The van der Waals surface area contributed by atoms with Crippen LogP contribution in [0.5, 0.6) is 0 Å². The average molecular weight is 278 g/mol. The van der Waals surface area contributed by atoms with E-state index in [1.807, 2.05) is 13.0 Å². The monoisotopic (exact) mass is 278 g/mol. The van der Waals surface area contributed by atoms with Crippen LogP contribution in [0.1, 0.15) is 49.8 Å². The first-order chi connectivity index (χ1) is 9.52. The van der Waals surface area contributed by atoms with E-state index in [-0.39, 0.29) is 11.6 Å². The van der Waals surface area contributed by atoms with Crippen molar-refractivity contribution in [1.82, 2.24) is 10.4 Å². The van der Waals surface area contributed by atoms with E-state index in [0.717, 1.165) is 30.4 Å². The SMILES string of the molecule is COC1(C(NN)c2cc(C)cnc2N)CCCC(C)C1. The Morgan fingerprint density at radius 2 is 2.30 bits per heavy atom. The Labute approximate surface area is 121 Å². The van der Waals surface area contributed by atoms with E-state index in [1.54, 1.807) is 13.3 Å². The van der Waals surface area contributed by atoms with Crippen LogP contribution < -0.4 is 17.0 Å². The van der Waals surface area contributed by atoms with Crippen molar-refractivity contribution in [3.63, 3.8) is 0 Å². The molecule has 0 bridgehead atoms. The molecule has 0 spiro atoms. The molecule has 5 heteroatoms. The summed E-state index contributed by atoms with van der Waals surface area (Å²) in [4.78, 5) is 4.25. The third-order valence-corrected chi connectivity index (χ3v) is 4.49. The number of pyridine rings is 1. The molecule has 0 amide bonds. The molecule has 1 aliphatic carbocycles. The van der Waals surface area contributed by atoms with Crippen molar-refractivity contribution in [3.8, 4) is 0 Å². The summed E-state index contributed by atoms with van der Waals surface area (Å²) in [7, 11) is 1.77. The third-order valence-electron chi connectivity index (χ3n) is 4.49. The van der Waals surface area contributed by atoms with Gasteiger partial charge in [0.05, 0.1) is 11.6 Å². The molecule has 1 aliphatic rings. The predicted octanol–water partition coefficient (Wildman–Crippen LogP) is 2.07. The molecule has 5 N–H and O–H groups in total. The van der Waals surface area contributed by atoms with Crippen molar-refractivity contribution < 1.29 is 4.74 Å². The van der Waals surface area contributed by atoms with Crippen molar-refractivity contribution in [2.45, 2.75) is 51.2 Å². The molecule has 1 aromatic rings. The lowest BCUT2D eigenvalue weighted by Crippen LogP contribution is -2.50. The van der Waals surface area contributed by atoms with Crippen molar-refractivity contribution >= 4 is 5.82 Å². The number of aryl methyl sites for hydroxylation is 1. The highest BCUT2D eigenvalue weighted by Gasteiger charge is 2.43. The van der Waals surface area contributed by atoms with E-state index < -0.39 is 0 Å². The van der Waals surface area contributed by atoms with Crippen LogP contribution in [0.15, 0.2) is 12.3 Å². The van der Waals surface area contributed by atoms with Gasteiger partial charge in [-0.1, -0.05) is 19.8 Å². The number of nitrogens with two attached hydrogens (primary N) is 2. The molecule has 0 radical (unpaired) electrons. The number of rotatable bonds is 4. The van der Waals surface area contributed by atoms with Crippen LogP contribution in [0.25, 0.3) is 0 Å². The largest absolute Gasteiger partial charge is 0.383 e. The summed E-state index contributed by atoms with van der Waals surface area (Å²) in [6, 6.07) is 1.91. The number of hydrogen-bond donors (Lipinski definition) is 3. The molecule has 0 aliphatic heterocycles. The van der Waals surface area contributed by atoms with Gasteiger partial charge in [-0.05, 0) is 37.3 Å². The van der Waals surface area contributed by atoms with E-state index in [0.29, 0.717) is 11.7 Å². The van der Waals surface area contributed by atoms with Gasteiger partial charge in [0.25, 0.3) is 0 Å². The number of nitrogens with one attached hydrogen (secondary N) is 1. The second-order valence-corrected chi connectivity index (χ2v) is 6.06. The van der Waals surface area contributed by atoms with Crippen molar-refractivity contribution in [3.05, 3.63) is 23.4 Å². The lowest BCUT2D eigenvalue weighted by Gasteiger charge is -2.44. The lowest BCUT2D eigenvalue weighted by molar-refractivity contribution is -0.0805. The predicted molar refractivity (Wildman–Crippen MR) is 80.8 cm³/mol. The Hall–Kier alpha value is -1.17. The van der Waals surface area contributed by atoms with Gasteiger partial charge >= 0.3 is 0 Å². The highest BCUT2D eigenvalue weighted by Crippen LogP contribution is 2.43. The summed E-state index contributed by atoms with van der Waals surface area (Å²) >= 11 is 0. The zero-order chi connectivity index (χ0) is 14.8. The second kappa shape index (κ2) is 6.08. The van der Waals surface area contributed by atoms with Crippen LogP contribution in [-0.4, -0.2) is 17.7 Å². The summed E-state index contributed by atoms with van der Waals surface area (Å²) < 4.78 is 5.93. The first-order valence-electron chi connectivity index (χ1n) is 7.25. The number of hydrogen-bond acceptors (Lipinski definition) is 5. The standard InChI is InChI=1S/C15H26N4O/c1-10-5-4-6-15(8-10,20-3)13(19-17)12-7-11(2)9-18-14(12)16/h7,9-10,13,19H,4-6,8,17H2,1-3H3,(H2,16,18). The maximum Gasteiger partial charge on any atom is 0.128 e. The molecule has 1 heterocycles. The molecule has 1 fully saturated rings. The molecule has 1 aromatic heterocycles. The number of methoxy groups -OCH3 is 1. The van der Waals surface area contributed by atoms with Crippen molar-refractivity contribution in [1.29, 1.82) is 0 Å². The van der Waals surface area contributed by atoms with Crippen molar-refractivity contribution in [2.24, 2.45) is 11.8 Å². The minimum atomic E-state index is -0.310. The zero-order valence-corrected chi connectivity index (χ0v) is 12.6. The smallest absolute Gasteiger partial charge is 0.128 e. The summed E-state index contributed by atoms with van der Waals surface area (Å²) in [5, 5.41) is 0. The number of nitrogen functional groups attached to an aromatic ring is 1. The third kappa shape index (κ3) is 2.80. The number of aromatic nitrogens is 1. The van der Waals surface area contributed by atoms with E-state index in [4.69, 9.17) is 16.3 Å². The fourth-order valence-corrected chi connectivity index (χ4v) is 3.47. The molecule has 3 unspecified atom stereocenters. The molecule has 3 atom stereocenters. The molecule has 0 aromatic carbocycles. The summed E-state index contributed by atoms with van der Waals surface area (Å²) in [5.41, 5.74) is 10.7. The van der Waals surface area contributed by atoms with Crippen LogP contribution in [-0.2, 0) is 4.74 Å². The highest BCUT2D eigenvalue weighted by molar-refractivity contribution is 5.44. The quantitative estimate of drug-likeness (QED) is 0.580. The van der Waals surface area contributed by atoms with Gasteiger partial charge in [-0.2, -0.15) is 0 Å². The van der Waals surface area contributed by atoms with Crippen LogP contribution >= 0.6 is 0 Å². The zero-order valence-electron chi connectivity index (χ0n) is 12.6. The molecule has 0 saturated heterocycles. The lowest BCUT2D eigenvalue weighted by atomic mass is 9.73. The van der Waals surface area contributed by atoms with Gasteiger partial charge in [-0.15, -0.1) is 0 Å². The maximum atomic E-state index is 6.06. The van der Waals surface area contributed by atoms with Gasteiger partial charge in [-0.25, -0.2) is 10.4 Å². The van der Waals surface area contributed by atoms with E-state index in [9.17, 15) is 0 Å². The summed E-state index contributed by atoms with van der Waals surface area (Å²) in [5.74, 6) is 6.99. The number of ether oxygens (including phenoxy) is 1. The van der Waals surface area contributed by atoms with Gasteiger partial charge in [0.1, 0.15) is 5.82 Å². The van der Waals surface area contributed by atoms with E-state index in [1.165, 1.54) is 6.42 Å². The average Bonchev–Trinajstić information content (AvgIpc) is 2.43. The fraction of sp³-hybridized carbons (Fsp3) is 0.667. The Bertz CT molecular complexity index is 465. The minimum absolute atomic E-state index is 0.136. The van der Waals surface area contributed by atoms with Gasteiger partial charge in [0.2, 0.25) is 0 Å². The molecular formula is C15H26N4O. The van der Waals surface area contributed by atoms with Gasteiger partial charge in [-0.3, -0.25) is 5.84 Å². The summed E-state index contributed by atoms with van der Waals surface area (Å²) in [6.07, 6.45) is 6.12. The topological polar surface area (TPSA) is 86.2 Å². The number of nitrogens with zero attached hydrogens (tertiary/aromatic N) is 1. The van der Waals surface area contributed by atoms with Gasteiger partial charge in [0.15, 0.2) is 0 Å². The highest BCUT2D eigenvalue weighted by atomic mass is 16.5. The van der Waals surface area contributed by atoms with Crippen LogP contribution in [0.4, 0.5) is 5.82 Å². The molecule has 2 rings (SSSR count). The van der Waals surface area contributed by atoms with Gasteiger partial charge in [0, 0.05) is 18.9 Å². The summed E-state index contributed by atoms with van der Waals surface area (Å²) in [6.45, 7) is 4.27. The van der Waals surface area contributed by atoms with Gasteiger partial charge < -0.3 is 10.5 Å². The fourth-order valence-electron chi connectivity index (χ4n) is 3.47. The first-order valence-corrected chi connectivity index (χ1v) is 7.25. The minimum Gasteiger partial charge on any atom is -0.383 e. The molecule has 1 saturated carbocycles. The number of anilines is 1. The maximum absolute atomic E-state index is 6.06. The normalized spacial score (nSPS) is 28.3. The van der Waals surface area contributed by atoms with Crippen LogP contribution in [0.2, 0.25) is 0 Å². The molecule has 112 valence electrons.